The third kappa shape index (κ3) is 4.34. The largest absolute Gasteiger partial charge is 0.370 e. The van der Waals surface area contributed by atoms with Gasteiger partial charge in [-0.05, 0) is 37.2 Å². The Hall–Kier alpha value is -1.29. The molecule has 1 fully saturated rings. The van der Waals surface area contributed by atoms with E-state index >= 15 is 0 Å². The summed E-state index contributed by atoms with van der Waals surface area (Å²) in [5.74, 6) is 0.586. The van der Waals surface area contributed by atoms with Gasteiger partial charge in [0.15, 0.2) is 0 Å². The molecule has 1 amide bonds. The van der Waals surface area contributed by atoms with Crippen LogP contribution in [0.4, 0.5) is 5.82 Å². The Morgan fingerprint density at radius 3 is 2.90 bits per heavy atom. The normalized spacial score (nSPS) is 20.3. The lowest BCUT2D eigenvalue weighted by Crippen LogP contribution is -2.33. The summed E-state index contributed by atoms with van der Waals surface area (Å²) >= 11 is 6.12. The molecule has 1 aromatic rings. The van der Waals surface area contributed by atoms with Crippen molar-refractivity contribution < 1.29 is 4.79 Å². The summed E-state index contributed by atoms with van der Waals surface area (Å²) in [5.41, 5.74) is 0.809. The van der Waals surface area contributed by atoms with Gasteiger partial charge in [0.2, 0.25) is 0 Å². The number of aromatic nitrogens is 1. The number of carbonyl (C=O) groups is 1. The predicted molar refractivity (Wildman–Crippen MR) is 86.9 cm³/mol. The van der Waals surface area contributed by atoms with Crippen molar-refractivity contribution in [2.24, 2.45) is 5.41 Å². The zero-order valence-corrected chi connectivity index (χ0v) is 13.8. The number of amides is 1. The maximum absolute atomic E-state index is 12.4. The first-order chi connectivity index (χ1) is 9.91. The fourth-order valence-electron chi connectivity index (χ4n) is 2.78. The number of pyridine rings is 1. The van der Waals surface area contributed by atoms with Crippen LogP contribution in [-0.4, -0.2) is 23.5 Å². The van der Waals surface area contributed by atoms with Gasteiger partial charge in [0.05, 0.1) is 10.6 Å². The first kappa shape index (κ1) is 16.1. The van der Waals surface area contributed by atoms with Gasteiger partial charge >= 0.3 is 0 Å². The molecule has 0 aliphatic heterocycles. The van der Waals surface area contributed by atoms with Gasteiger partial charge in [-0.25, -0.2) is 4.98 Å². The number of nitrogens with zero attached hydrogens (tertiary/aromatic N) is 1. The third-order valence-corrected chi connectivity index (χ3v) is 4.26. The van der Waals surface area contributed by atoms with Crippen LogP contribution in [0, 0.1) is 5.41 Å². The summed E-state index contributed by atoms with van der Waals surface area (Å²) in [6.07, 6.45) is 5.73. The Morgan fingerprint density at radius 1 is 1.52 bits per heavy atom. The van der Waals surface area contributed by atoms with Crippen LogP contribution in [0.15, 0.2) is 12.3 Å². The van der Waals surface area contributed by atoms with Gasteiger partial charge in [-0.2, -0.15) is 0 Å². The SMILES string of the molecule is CCCNc1cc(C(=O)NC2CCC(C)(C)C2)c(Cl)cn1. The van der Waals surface area contributed by atoms with Gasteiger partial charge in [-0.1, -0.05) is 32.4 Å². The molecule has 2 N–H and O–H groups in total. The lowest BCUT2D eigenvalue weighted by atomic mass is 9.92. The molecule has 0 spiro atoms. The topological polar surface area (TPSA) is 54.0 Å². The lowest BCUT2D eigenvalue weighted by molar-refractivity contribution is 0.0936. The van der Waals surface area contributed by atoms with Crippen molar-refractivity contribution in [2.75, 3.05) is 11.9 Å². The minimum atomic E-state index is -0.107. The monoisotopic (exact) mass is 309 g/mol. The minimum Gasteiger partial charge on any atom is -0.370 e. The van der Waals surface area contributed by atoms with Crippen molar-refractivity contribution in [3.63, 3.8) is 0 Å². The molecule has 1 aliphatic rings. The molecular formula is C16H24ClN3O. The van der Waals surface area contributed by atoms with Crippen molar-refractivity contribution in [1.29, 1.82) is 0 Å². The molecule has 0 saturated heterocycles. The highest BCUT2D eigenvalue weighted by molar-refractivity contribution is 6.33. The molecule has 1 atom stereocenters. The Kier molecular flexibility index (Phi) is 5.09. The highest BCUT2D eigenvalue weighted by Crippen LogP contribution is 2.37. The molecule has 1 unspecified atom stereocenters. The van der Waals surface area contributed by atoms with E-state index in [4.69, 9.17) is 11.6 Å². The summed E-state index contributed by atoms with van der Waals surface area (Å²) < 4.78 is 0. The lowest BCUT2D eigenvalue weighted by Gasteiger charge is -2.18. The molecule has 1 aliphatic carbocycles. The summed E-state index contributed by atoms with van der Waals surface area (Å²) in [6, 6.07) is 1.97. The molecule has 4 nitrogen and oxygen atoms in total. The van der Waals surface area contributed by atoms with Gasteiger partial charge in [0.1, 0.15) is 5.82 Å². The van der Waals surface area contributed by atoms with Crippen LogP contribution in [-0.2, 0) is 0 Å². The van der Waals surface area contributed by atoms with Crippen LogP contribution in [0.1, 0.15) is 56.8 Å². The van der Waals surface area contributed by atoms with Crippen LogP contribution >= 0.6 is 11.6 Å². The van der Waals surface area contributed by atoms with Crippen LogP contribution in [0.3, 0.4) is 0 Å². The molecule has 21 heavy (non-hydrogen) atoms. The minimum absolute atomic E-state index is 0.107. The van der Waals surface area contributed by atoms with E-state index in [0.29, 0.717) is 21.8 Å². The van der Waals surface area contributed by atoms with Gasteiger partial charge in [-0.3, -0.25) is 4.79 Å². The van der Waals surface area contributed by atoms with E-state index in [1.807, 2.05) is 0 Å². The van der Waals surface area contributed by atoms with Crippen LogP contribution < -0.4 is 10.6 Å². The van der Waals surface area contributed by atoms with Crippen LogP contribution in [0.25, 0.3) is 0 Å². The molecule has 5 heteroatoms. The predicted octanol–water partition coefficient (Wildman–Crippen LogP) is 3.87. The van der Waals surface area contributed by atoms with E-state index in [1.165, 1.54) is 6.20 Å². The summed E-state index contributed by atoms with van der Waals surface area (Å²) in [7, 11) is 0. The highest BCUT2D eigenvalue weighted by Gasteiger charge is 2.32. The van der Waals surface area contributed by atoms with E-state index in [1.54, 1.807) is 6.07 Å². The molecule has 1 heterocycles. The maximum Gasteiger partial charge on any atom is 0.253 e. The fraction of sp³-hybridized carbons (Fsp3) is 0.625. The maximum atomic E-state index is 12.4. The molecule has 2 rings (SSSR count). The quantitative estimate of drug-likeness (QED) is 0.868. The van der Waals surface area contributed by atoms with E-state index in [0.717, 1.165) is 32.2 Å². The number of halogens is 1. The third-order valence-electron chi connectivity index (χ3n) is 3.96. The first-order valence-electron chi connectivity index (χ1n) is 7.61. The molecule has 1 aromatic heterocycles. The highest BCUT2D eigenvalue weighted by atomic mass is 35.5. The van der Waals surface area contributed by atoms with Crippen molar-refractivity contribution in [2.45, 2.75) is 52.5 Å². The molecule has 0 bridgehead atoms. The number of anilines is 1. The standard InChI is InChI=1S/C16H24ClN3O/c1-4-7-18-14-8-12(13(17)10-19-14)15(21)20-11-5-6-16(2,3)9-11/h8,10-11H,4-7,9H2,1-3H3,(H,18,19)(H,20,21). The molecule has 0 aromatic carbocycles. The zero-order chi connectivity index (χ0) is 15.5. The van der Waals surface area contributed by atoms with Gasteiger partial charge < -0.3 is 10.6 Å². The average Bonchev–Trinajstić information content (AvgIpc) is 2.76. The van der Waals surface area contributed by atoms with E-state index in [2.05, 4.69) is 36.4 Å². The van der Waals surface area contributed by atoms with Gasteiger partial charge in [-0.15, -0.1) is 0 Å². The number of hydrogen-bond donors (Lipinski definition) is 2. The Labute approximate surface area is 131 Å². The molecule has 0 radical (unpaired) electrons. The fourth-order valence-corrected chi connectivity index (χ4v) is 2.97. The average molecular weight is 310 g/mol. The van der Waals surface area contributed by atoms with E-state index < -0.39 is 0 Å². The van der Waals surface area contributed by atoms with Gasteiger partial charge in [0.25, 0.3) is 5.91 Å². The summed E-state index contributed by atoms with van der Waals surface area (Å²) in [6.45, 7) is 7.39. The molecule has 1 saturated carbocycles. The number of nitrogens with one attached hydrogen (secondary N) is 2. The van der Waals surface area contributed by atoms with Gasteiger partial charge in [0, 0.05) is 18.8 Å². The van der Waals surface area contributed by atoms with E-state index in [9.17, 15) is 4.79 Å². The summed E-state index contributed by atoms with van der Waals surface area (Å²) in [4.78, 5) is 16.6. The summed E-state index contributed by atoms with van der Waals surface area (Å²) in [5, 5.41) is 6.66. The smallest absolute Gasteiger partial charge is 0.253 e. The second-order valence-corrected chi connectivity index (χ2v) is 6.96. The second kappa shape index (κ2) is 6.65. The van der Waals surface area contributed by atoms with Crippen molar-refractivity contribution in [3.8, 4) is 0 Å². The number of carbonyl (C=O) groups excluding carboxylic acids is 1. The van der Waals surface area contributed by atoms with Crippen LogP contribution in [0.5, 0.6) is 0 Å². The Morgan fingerprint density at radius 2 is 2.29 bits per heavy atom. The van der Waals surface area contributed by atoms with Crippen molar-refractivity contribution in [1.82, 2.24) is 10.3 Å². The first-order valence-corrected chi connectivity index (χ1v) is 7.99. The van der Waals surface area contributed by atoms with E-state index in [-0.39, 0.29) is 11.9 Å². The van der Waals surface area contributed by atoms with Crippen molar-refractivity contribution >= 4 is 23.3 Å². The van der Waals surface area contributed by atoms with Crippen molar-refractivity contribution in [3.05, 3.63) is 22.8 Å². The zero-order valence-electron chi connectivity index (χ0n) is 13.0. The Balaban J connectivity index is 2.04. The molecule has 116 valence electrons. The van der Waals surface area contributed by atoms with Crippen LogP contribution in [0.2, 0.25) is 5.02 Å². The Bertz CT molecular complexity index is 516. The number of rotatable bonds is 5. The second-order valence-electron chi connectivity index (χ2n) is 6.55. The molecular weight excluding hydrogens is 286 g/mol. The number of hydrogen-bond acceptors (Lipinski definition) is 3.